The average molecular weight is 376 g/mol. The van der Waals surface area contributed by atoms with Gasteiger partial charge in [0.1, 0.15) is 0 Å². The highest BCUT2D eigenvalue weighted by Gasteiger charge is 2.64. The van der Waals surface area contributed by atoms with Crippen LogP contribution in [0.2, 0.25) is 0 Å². The van der Waals surface area contributed by atoms with Crippen LogP contribution < -0.4 is 9.47 Å². The highest BCUT2D eigenvalue weighted by atomic mass is 79.9. The van der Waals surface area contributed by atoms with E-state index in [2.05, 4.69) is 34.0 Å². The molecule has 1 fully saturated rings. The zero-order valence-electron chi connectivity index (χ0n) is 13.1. The molecule has 2 heterocycles. The van der Waals surface area contributed by atoms with Gasteiger partial charge in [-0.05, 0) is 44.1 Å². The number of ketones is 1. The summed E-state index contributed by atoms with van der Waals surface area (Å²) >= 11 is 3.73. The number of hydrogen-bond acceptors (Lipinski definition) is 4. The first-order valence-corrected chi connectivity index (χ1v) is 8.86. The average Bonchev–Trinajstić information content (AvgIpc) is 2.89. The van der Waals surface area contributed by atoms with Gasteiger partial charge in [0.2, 0.25) is 0 Å². The van der Waals surface area contributed by atoms with Crippen LogP contribution in [0.4, 0.5) is 0 Å². The van der Waals surface area contributed by atoms with Crippen molar-refractivity contribution in [3.05, 3.63) is 33.8 Å². The van der Waals surface area contributed by atoms with Crippen molar-refractivity contribution >= 4 is 21.7 Å². The van der Waals surface area contributed by atoms with Gasteiger partial charge in [-0.15, -0.1) is 0 Å². The molecule has 5 rings (SSSR count). The van der Waals surface area contributed by atoms with Crippen molar-refractivity contribution in [2.24, 2.45) is 5.92 Å². The molecule has 2 aliphatic carbocycles. The van der Waals surface area contributed by atoms with E-state index >= 15 is 0 Å². The van der Waals surface area contributed by atoms with E-state index in [9.17, 15) is 4.79 Å². The highest BCUT2D eigenvalue weighted by molar-refractivity contribution is 9.10. The summed E-state index contributed by atoms with van der Waals surface area (Å²) in [4.78, 5) is 15.0. The van der Waals surface area contributed by atoms with E-state index in [1.165, 1.54) is 11.1 Å². The summed E-state index contributed by atoms with van der Waals surface area (Å²) < 4.78 is 12.9. The number of halogens is 1. The summed E-state index contributed by atoms with van der Waals surface area (Å²) in [5.41, 5.74) is 2.29. The molecule has 2 unspecified atom stereocenters. The second-order valence-corrected chi connectivity index (χ2v) is 7.93. The monoisotopic (exact) mass is 375 g/mol. The predicted molar refractivity (Wildman–Crippen MR) is 89.2 cm³/mol. The first-order chi connectivity index (χ1) is 11.1. The standard InChI is InChI=1S/C18H18BrNO3/c1-20-6-5-18-10-3-4-13(21)17(18)23-16-14(22-2)8-11(19)9(15(16)18)7-12(10)20/h3-4,8,10,12,17H,5-7H2,1-2H3/t10?,12?,17-,18-/m1/s1. The summed E-state index contributed by atoms with van der Waals surface area (Å²) in [7, 11) is 3.85. The molecule has 1 aromatic rings. The van der Waals surface area contributed by atoms with Gasteiger partial charge in [0.15, 0.2) is 23.4 Å². The molecule has 23 heavy (non-hydrogen) atoms. The van der Waals surface area contributed by atoms with Crippen molar-refractivity contribution in [2.45, 2.75) is 30.4 Å². The van der Waals surface area contributed by atoms with Crippen molar-refractivity contribution in [3.63, 3.8) is 0 Å². The number of benzene rings is 1. The molecule has 1 saturated heterocycles. The minimum absolute atomic E-state index is 0.0896. The van der Waals surface area contributed by atoms with Gasteiger partial charge in [-0.2, -0.15) is 0 Å². The molecule has 4 nitrogen and oxygen atoms in total. The smallest absolute Gasteiger partial charge is 0.196 e. The van der Waals surface area contributed by atoms with E-state index in [4.69, 9.17) is 9.47 Å². The molecule has 0 saturated carbocycles. The van der Waals surface area contributed by atoms with Crippen LogP contribution in [0.25, 0.3) is 0 Å². The van der Waals surface area contributed by atoms with Gasteiger partial charge in [0.25, 0.3) is 0 Å². The maximum absolute atomic E-state index is 12.6. The quantitative estimate of drug-likeness (QED) is 0.755. The minimum Gasteiger partial charge on any atom is -0.493 e. The van der Waals surface area contributed by atoms with E-state index in [1.54, 1.807) is 13.2 Å². The Balaban J connectivity index is 1.87. The van der Waals surface area contributed by atoms with Crippen LogP contribution in [-0.2, 0) is 16.6 Å². The van der Waals surface area contributed by atoms with E-state index in [-0.39, 0.29) is 11.2 Å². The molecule has 4 aliphatic rings. The largest absolute Gasteiger partial charge is 0.493 e. The fourth-order valence-electron chi connectivity index (χ4n) is 5.26. The van der Waals surface area contributed by atoms with Gasteiger partial charge in [-0.3, -0.25) is 4.79 Å². The fraction of sp³-hybridized carbons (Fsp3) is 0.500. The molecule has 4 atom stereocenters. The number of carbonyl (C=O) groups excluding carboxylic acids is 1. The second kappa shape index (κ2) is 4.39. The lowest BCUT2D eigenvalue weighted by Crippen LogP contribution is -2.64. The molecule has 1 spiro atoms. The zero-order chi connectivity index (χ0) is 15.9. The molecule has 1 aromatic carbocycles. The molecule has 2 aliphatic heterocycles. The lowest BCUT2D eigenvalue weighted by Gasteiger charge is -2.55. The number of rotatable bonds is 1. The van der Waals surface area contributed by atoms with Crippen LogP contribution in [0, 0.1) is 5.92 Å². The number of methoxy groups -OCH3 is 1. The first-order valence-electron chi connectivity index (χ1n) is 8.06. The summed E-state index contributed by atoms with van der Waals surface area (Å²) in [6.07, 6.45) is 5.40. The van der Waals surface area contributed by atoms with E-state index in [1.807, 2.05) is 6.07 Å². The molecule has 0 radical (unpaired) electrons. The third kappa shape index (κ3) is 1.48. The van der Waals surface area contributed by atoms with Crippen molar-refractivity contribution in [3.8, 4) is 11.5 Å². The Kier molecular flexibility index (Phi) is 2.68. The van der Waals surface area contributed by atoms with Crippen LogP contribution >= 0.6 is 15.9 Å². The molecular weight excluding hydrogens is 358 g/mol. The Morgan fingerprint density at radius 3 is 3.09 bits per heavy atom. The van der Waals surface area contributed by atoms with Gasteiger partial charge in [-0.1, -0.05) is 22.0 Å². The van der Waals surface area contributed by atoms with Gasteiger partial charge >= 0.3 is 0 Å². The molecule has 0 aromatic heterocycles. The van der Waals surface area contributed by atoms with Crippen LogP contribution in [0.5, 0.6) is 11.5 Å². The molecular formula is C18H18BrNO3. The number of nitrogens with zero attached hydrogens (tertiary/aromatic N) is 1. The Bertz CT molecular complexity index is 774. The van der Waals surface area contributed by atoms with Crippen LogP contribution in [0.3, 0.4) is 0 Å². The number of likely N-dealkylation sites (N-methyl/N-ethyl adjacent to an activating group) is 1. The molecule has 2 bridgehead atoms. The third-order valence-corrected chi connectivity index (χ3v) is 6.99. The van der Waals surface area contributed by atoms with Gasteiger partial charge in [0.05, 0.1) is 12.5 Å². The zero-order valence-corrected chi connectivity index (χ0v) is 14.7. The summed E-state index contributed by atoms with van der Waals surface area (Å²) in [5.74, 6) is 1.94. The summed E-state index contributed by atoms with van der Waals surface area (Å²) in [6, 6.07) is 2.40. The predicted octanol–water partition coefficient (Wildman–Crippen LogP) is 2.47. The second-order valence-electron chi connectivity index (χ2n) is 7.07. The third-order valence-electron chi connectivity index (χ3n) is 6.28. The van der Waals surface area contributed by atoms with Crippen LogP contribution in [-0.4, -0.2) is 43.5 Å². The lowest BCUT2D eigenvalue weighted by molar-refractivity contribution is -0.127. The van der Waals surface area contributed by atoms with Gasteiger partial charge < -0.3 is 14.4 Å². The maximum atomic E-state index is 12.6. The van der Waals surface area contributed by atoms with Crippen molar-refractivity contribution in [1.82, 2.24) is 4.90 Å². The normalized spacial score (nSPS) is 36.7. The number of hydrogen-bond donors (Lipinski definition) is 0. The number of likely N-dealkylation sites (tertiary alicyclic amines) is 1. The molecule has 120 valence electrons. The summed E-state index contributed by atoms with van der Waals surface area (Å²) in [6.45, 7) is 0.996. The number of carbonyl (C=O) groups is 1. The van der Waals surface area contributed by atoms with Crippen molar-refractivity contribution in [2.75, 3.05) is 20.7 Å². The van der Waals surface area contributed by atoms with E-state index in [0.717, 1.165) is 35.4 Å². The van der Waals surface area contributed by atoms with Crippen molar-refractivity contribution in [1.29, 1.82) is 0 Å². The Morgan fingerprint density at radius 1 is 1.48 bits per heavy atom. The Labute approximate surface area is 143 Å². The van der Waals surface area contributed by atoms with Crippen LogP contribution in [0.1, 0.15) is 17.5 Å². The molecule has 0 amide bonds. The van der Waals surface area contributed by atoms with E-state index < -0.39 is 6.10 Å². The number of piperidine rings is 1. The Morgan fingerprint density at radius 2 is 2.30 bits per heavy atom. The van der Waals surface area contributed by atoms with Crippen LogP contribution in [0.15, 0.2) is 22.7 Å². The highest BCUT2D eigenvalue weighted by Crippen LogP contribution is 2.62. The Hall–Kier alpha value is -1.33. The lowest BCUT2D eigenvalue weighted by atomic mass is 9.53. The maximum Gasteiger partial charge on any atom is 0.196 e. The molecule has 0 N–H and O–H groups in total. The van der Waals surface area contributed by atoms with Gasteiger partial charge in [-0.25, -0.2) is 0 Å². The number of ether oxygens (including phenoxy) is 2. The SMILES string of the molecule is COc1cc(Br)c2c3c1O[C@@H]1C(=O)C=CC4C(C2)N(C)CC[C@]341. The van der Waals surface area contributed by atoms with E-state index in [0.29, 0.717) is 12.0 Å². The fourth-order valence-corrected chi connectivity index (χ4v) is 5.83. The summed E-state index contributed by atoms with van der Waals surface area (Å²) in [5, 5.41) is 0. The van der Waals surface area contributed by atoms with Crippen molar-refractivity contribution < 1.29 is 14.3 Å². The molecule has 5 heteroatoms. The topological polar surface area (TPSA) is 38.8 Å². The minimum atomic E-state index is -0.397. The van der Waals surface area contributed by atoms with Gasteiger partial charge in [0, 0.05) is 22.0 Å². The first kappa shape index (κ1) is 14.1.